The molecule has 3 heteroatoms. The van der Waals surface area contributed by atoms with Crippen molar-refractivity contribution in [3.05, 3.63) is 59.9 Å². The van der Waals surface area contributed by atoms with Crippen LogP contribution in [0.5, 0.6) is 5.75 Å². The molecule has 0 aliphatic rings. The lowest BCUT2D eigenvalue weighted by molar-refractivity contribution is 0.309. The lowest BCUT2D eigenvalue weighted by Gasteiger charge is -2.04. The first-order valence-corrected chi connectivity index (χ1v) is 8.41. The molecule has 0 aliphatic carbocycles. The highest BCUT2D eigenvalue weighted by Crippen LogP contribution is 2.15. The van der Waals surface area contributed by atoms with E-state index in [2.05, 4.69) is 34.4 Å². The molecule has 122 valence electrons. The highest BCUT2D eigenvalue weighted by atomic mass is 16.5. The van der Waals surface area contributed by atoms with Crippen molar-refractivity contribution in [1.29, 1.82) is 0 Å². The number of imidazole rings is 1. The summed E-state index contributed by atoms with van der Waals surface area (Å²) in [5.74, 6) is 8.35. The molecule has 0 fully saturated rings. The Morgan fingerprint density at radius 3 is 2.67 bits per heavy atom. The Bertz CT molecular complexity index is 866. The Balaban J connectivity index is 1.67. The number of aryl methyl sites for hydroxylation is 1. The Morgan fingerprint density at radius 2 is 1.88 bits per heavy atom. The van der Waals surface area contributed by atoms with Crippen molar-refractivity contribution in [3.63, 3.8) is 0 Å². The number of unbranched alkanes of at least 4 members (excludes halogenated alkanes) is 1. The van der Waals surface area contributed by atoms with Crippen molar-refractivity contribution >= 4 is 11.0 Å². The van der Waals surface area contributed by atoms with E-state index >= 15 is 0 Å². The molecule has 0 aliphatic heterocycles. The van der Waals surface area contributed by atoms with Crippen LogP contribution >= 0.6 is 0 Å². The maximum absolute atomic E-state index is 5.67. The molecule has 3 nitrogen and oxygen atoms in total. The number of fused-ring (bicyclic) bond motifs is 1. The number of benzene rings is 2. The molecule has 0 radical (unpaired) electrons. The van der Waals surface area contributed by atoms with E-state index in [9.17, 15) is 0 Å². The summed E-state index contributed by atoms with van der Waals surface area (Å²) in [5.41, 5.74) is 3.15. The lowest BCUT2D eigenvalue weighted by Crippen LogP contribution is -1.98. The smallest absolute Gasteiger partial charge is 0.119 e. The van der Waals surface area contributed by atoms with Gasteiger partial charge in [0.05, 0.1) is 24.2 Å². The van der Waals surface area contributed by atoms with Gasteiger partial charge in [0.1, 0.15) is 11.6 Å². The fourth-order valence-corrected chi connectivity index (χ4v) is 2.59. The van der Waals surface area contributed by atoms with Gasteiger partial charge in [-0.3, -0.25) is 0 Å². The first-order chi connectivity index (χ1) is 11.8. The van der Waals surface area contributed by atoms with Crippen LogP contribution in [0.3, 0.4) is 0 Å². The van der Waals surface area contributed by atoms with Gasteiger partial charge in [-0.15, -0.1) is 0 Å². The topological polar surface area (TPSA) is 27.1 Å². The molecule has 0 spiro atoms. The van der Waals surface area contributed by atoms with Crippen molar-refractivity contribution < 1.29 is 4.74 Å². The van der Waals surface area contributed by atoms with Gasteiger partial charge in [0.25, 0.3) is 0 Å². The summed E-state index contributed by atoms with van der Waals surface area (Å²) in [4.78, 5) is 4.56. The molecule has 0 saturated heterocycles. The lowest BCUT2D eigenvalue weighted by atomic mass is 10.2. The van der Waals surface area contributed by atoms with Crippen LogP contribution in [0.15, 0.2) is 48.5 Å². The van der Waals surface area contributed by atoms with Gasteiger partial charge in [-0.05, 0) is 49.7 Å². The molecule has 0 unspecified atom stereocenters. The van der Waals surface area contributed by atoms with E-state index in [4.69, 9.17) is 4.74 Å². The number of hydrogen-bond acceptors (Lipinski definition) is 2. The van der Waals surface area contributed by atoms with Gasteiger partial charge in [0, 0.05) is 5.56 Å². The zero-order valence-corrected chi connectivity index (χ0v) is 14.2. The van der Waals surface area contributed by atoms with Crippen LogP contribution < -0.4 is 4.74 Å². The zero-order chi connectivity index (χ0) is 16.8. The van der Waals surface area contributed by atoms with Gasteiger partial charge < -0.3 is 9.30 Å². The van der Waals surface area contributed by atoms with E-state index in [0.717, 1.165) is 47.6 Å². The number of hydrogen-bond donors (Lipinski definition) is 0. The van der Waals surface area contributed by atoms with Crippen LogP contribution in [0.4, 0.5) is 0 Å². The van der Waals surface area contributed by atoms with Crippen LogP contribution in [0, 0.1) is 18.8 Å². The van der Waals surface area contributed by atoms with Crippen molar-refractivity contribution in [2.24, 2.45) is 0 Å². The number of para-hydroxylation sites is 2. The summed E-state index contributed by atoms with van der Waals surface area (Å²) < 4.78 is 7.81. The third-order valence-electron chi connectivity index (χ3n) is 3.94. The average Bonchev–Trinajstić information content (AvgIpc) is 2.92. The Morgan fingerprint density at radius 1 is 1.08 bits per heavy atom. The van der Waals surface area contributed by atoms with E-state index in [1.54, 1.807) is 0 Å². The monoisotopic (exact) mass is 318 g/mol. The van der Waals surface area contributed by atoms with Crippen molar-refractivity contribution in [2.75, 3.05) is 6.61 Å². The van der Waals surface area contributed by atoms with Crippen molar-refractivity contribution in [1.82, 2.24) is 9.55 Å². The summed E-state index contributed by atoms with van der Waals surface area (Å²) in [6.45, 7) is 5.59. The zero-order valence-electron chi connectivity index (χ0n) is 14.2. The average molecular weight is 318 g/mol. The molecule has 3 aromatic rings. The standard InChI is InChI=1S/C21H22N2O/c1-3-4-16-24-19-13-11-18(12-14-19)8-7-15-23-17(2)22-20-9-5-6-10-21(20)23/h5-6,9-14H,3-4,15-16H2,1-2H3. The Kier molecular flexibility index (Phi) is 5.18. The highest BCUT2D eigenvalue weighted by Gasteiger charge is 2.04. The molecule has 0 saturated carbocycles. The SMILES string of the molecule is CCCCOc1ccc(C#CCn2c(C)nc3ccccc32)cc1. The normalized spacial score (nSPS) is 10.4. The maximum atomic E-state index is 5.67. The van der Waals surface area contributed by atoms with E-state index in [0.29, 0.717) is 6.54 Å². The van der Waals surface area contributed by atoms with E-state index in [-0.39, 0.29) is 0 Å². The fourth-order valence-electron chi connectivity index (χ4n) is 2.59. The predicted molar refractivity (Wildman–Crippen MR) is 98.2 cm³/mol. The number of nitrogens with zero attached hydrogens (tertiary/aromatic N) is 2. The van der Waals surface area contributed by atoms with Gasteiger partial charge >= 0.3 is 0 Å². The molecular weight excluding hydrogens is 296 g/mol. The number of ether oxygens (including phenoxy) is 1. The van der Waals surface area contributed by atoms with Crippen molar-refractivity contribution in [3.8, 4) is 17.6 Å². The summed E-state index contributed by atoms with van der Waals surface area (Å²) in [5, 5.41) is 0. The van der Waals surface area contributed by atoms with Crippen LogP contribution in [0.1, 0.15) is 31.2 Å². The van der Waals surface area contributed by atoms with Crippen LogP contribution in [0.2, 0.25) is 0 Å². The molecule has 2 aromatic carbocycles. The Hall–Kier alpha value is -2.73. The highest BCUT2D eigenvalue weighted by molar-refractivity contribution is 5.75. The minimum absolute atomic E-state index is 0.640. The second kappa shape index (κ2) is 7.70. The maximum Gasteiger partial charge on any atom is 0.119 e. The second-order valence-corrected chi connectivity index (χ2v) is 5.76. The van der Waals surface area contributed by atoms with Crippen molar-refractivity contribution in [2.45, 2.75) is 33.2 Å². The molecule has 0 amide bonds. The predicted octanol–water partition coefficient (Wildman–Crippen LogP) is 4.58. The molecule has 3 rings (SSSR count). The third kappa shape index (κ3) is 3.78. The van der Waals surface area contributed by atoms with Gasteiger partial charge in [-0.2, -0.15) is 0 Å². The second-order valence-electron chi connectivity index (χ2n) is 5.76. The third-order valence-corrected chi connectivity index (χ3v) is 3.94. The quantitative estimate of drug-likeness (QED) is 0.509. The Labute approximate surface area is 143 Å². The summed E-state index contributed by atoms with van der Waals surface area (Å²) in [7, 11) is 0. The van der Waals surface area contributed by atoms with Gasteiger partial charge in [0.15, 0.2) is 0 Å². The van der Waals surface area contributed by atoms with Gasteiger partial charge in [-0.25, -0.2) is 4.98 Å². The van der Waals surface area contributed by atoms with E-state index in [1.165, 1.54) is 0 Å². The molecule has 0 atom stereocenters. The largest absolute Gasteiger partial charge is 0.494 e. The fraction of sp³-hybridized carbons (Fsp3) is 0.286. The minimum Gasteiger partial charge on any atom is -0.494 e. The molecule has 1 aromatic heterocycles. The summed E-state index contributed by atoms with van der Waals surface area (Å²) in [6, 6.07) is 16.1. The van der Waals surface area contributed by atoms with Crippen LogP contribution in [0.25, 0.3) is 11.0 Å². The molecule has 1 heterocycles. The number of aromatic nitrogens is 2. The summed E-state index contributed by atoms with van der Waals surface area (Å²) in [6.07, 6.45) is 2.23. The van der Waals surface area contributed by atoms with Crippen LogP contribution in [-0.4, -0.2) is 16.2 Å². The first-order valence-electron chi connectivity index (χ1n) is 8.41. The molecule has 0 N–H and O–H groups in total. The molecule has 24 heavy (non-hydrogen) atoms. The first kappa shape index (κ1) is 16.1. The molecular formula is C21H22N2O. The number of rotatable bonds is 5. The van der Waals surface area contributed by atoms with Gasteiger partial charge in [0.2, 0.25) is 0 Å². The van der Waals surface area contributed by atoms with Gasteiger partial charge in [-0.1, -0.05) is 37.3 Å². The minimum atomic E-state index is 0.640. The molecule has 0 bridgehead atoms. The summed E-state index contributed by atoms with van der Waals surface area (Å²) >= 11 is 0. The van der Waals surface area contributed by atoms with Crippen LogP contribution in [-0.2, 0) is 6.54 Å². The van der Waals surface area contributed by atoms with E-state index in [1.807, 2.05) is 49.4 Å². The van der Waals surface area contributed by atoms with E-state index < -0.39 is 0 Å².